The maximum Gasteiger partial charge on any atom is 0.343 e. The number of nitrogens with zero attached hydrogens (tertiary/aromatic N) is 1. The Morgan fingerprint density at radius 3 is 2.14 bits per heavy atom. The van der Waals surface area contributed by atoms with Crippen LogP contribution in [0.4, 0.5) is 5.69 Å². The zero-order chi connectivity index (χ0) is 25.9. The molecule has 0 aromatic heterocycles. The van der Waals surface area contributed by atoms with Gasteiger partial charge in [0.15, 0.2) is 12.4 Å². The van der Waals surface area contributed by atoms with Gasteiger partial charge in [-0.05, 0) is 85.8 Å². The van der Waals surface area contributed by atoms with Crippen LogP contribution in [0.5, 0.6) is 11.5 Å². The molecule has 3 atom stereocenters. The first-order chi connectivity index (χ1) is 17.9. The van der Waals surface area contributed by atoms with Gasteiger partial charge in [-0.25, -0.2) is 4.79 Å². The summed E-state index contributed by atoms with van der Waals surface area (Å²) >= 11 is 0. The molecule has 1 heterocycles. The Morgan fingerprint density at radius 1 is 0.784 bits per heavy atom. The van der Waals surface area contributed by atoms with E-state index < -0.39 is 5.97 Å². The number of fused-ring (bicyclic) bond motifs is 1. The van der Waals surface area contributed by atoms with Gasteiger partial charge in [0.05, 0.1) is 23.1 Å². The summed E-state index contributed by atoms with van der Waals surface area (Å²) < 4.78 is 11.0. The topological polar surface area (TPSA) is 90.0 Å². The van der Waals surface area contributed by atoms with Crippen LogP contribution in [0.3, 0.4) is 0 Å². The lowest BCUT2D eigenvalue weighted by molar-refractivity contribution is -0.122. The van der Waals surface area contributed by atoms with Gasteiger partial charge in [-0.3, -0.25) is 19.3 Å². The van der Waals surface area contributed by atoms with E-state index >= 15 is 0 Å². The minimum atomic E-state index is -0.475. The van der Waals surface area contributed by atoms with Crippen molar-refractivity contribution in [2.45, 2.75) is 26.2 Å². The first kappa shape index (κ1) is 24.4. The van der Waals surface area contributed by atoms with Crippen molar-refractivity contribution in [2.75, 3.05) is 11.5 Å². The van der Waals surface area contributed by atoms with Crippen molar-refractivity contribution >= 4 is 29.3 Å². The maximum absolute atomic E-state index is 12.9. The highest BCUT2D eigenvalue weighted by molar-refractivity contribution is 6.22. The molecule has 37 heavy (non-hydrogen) atoms. The van der Waals surface area contributed by atoms with E-state index in [0.29, 0.717) is 34.2 Å². The van der Waals surface area contributed by atoms with Crippen molar-refractivity contribution in [2.24, 2.45) is 17.8 Å². The predicted molar refractivity (Wildman–Crippen MR) is 137 cm³/mol. The highest BCUT2D eigenvalue weighted by Crippen LogP contribution is 2.42. The van der Waals surface area contributed by atoms with Gasteiger partial charge in [-0.15, -0.1) is 0 Å². The summed E-state index contributed by atoms with van der Waals surface area (Å²) in [5, 5.41) is 0. The summed E-state index contributed by atoms with van der Waals surface area (Å²) in [6.45, 7) is 1.94. The molecule has 2 aliphatic rings. The van der Waals surface area contributed by atoms with E-state index in [1.54, 1.807) is 72.8 Å². The molecule has 0 spiro atoms. The molecular formula is C30H27NO6. The third-order valence-corrected chi connectivity index (χ3v) is 7.05. The molecule has 2 amide bonds. The number of hydrogen-bond donors (Lipinski definition) is 0. The van der Waals surface area contributed by atoms with Gasteiger partial charge in [0.1, 0.15) is 11.5 Å². The molecule has 0 bridgehead atoms. The molecule has 1 aliphatic heterocycles. The molecule has 7 nitrogen and oxygen atoms in total. The first-order valence-electron chi connectivity index (χ1n) is 12.4. The number of anilines is 1. The molecule has 0 N–H and O–H groups in total. The summed E-state index contributed by atoms with van der Waals surface area (Å²) in [6.07, 6.45) is 2.48. The van der Waals surface area contributed by atoms with Gasteiger partial charge in [0, 0.05) is 5.56 Å². The summed E-state index contributed by atoms with van der Waals surface area (Å²) in [6, 6.07) is 21.6. The van der Waals surface area contributed by atoms with Crippen LogP contribution in [0.15, 0.2) is 78.9 Å². The summed E-state index contributed by atoms with van der Waals surface area (Å²) in [7, 11) is 0. The number of esters is 1. The number of ether oxygens (including phenoxy) is 2. The number of benzene rings is 3. The Kier molecular flexibility index (Phi) is 6.86. The standard InChI is InChI=1S/C30H27NO6/c1-19-7-16-25-26(17-19)29(34)31(28(25)33)22-10-14-23(15-11-22)36-18-27(32)20-8-12-24(13-9-20)37-30(35)21-5-3-2-4-6-21/h2-6,8-15,19,25-26H,7,16-18H2,1H3/t19-,25+,26-/m1/s1. The lowest BCUT2D eigenvalue weighted by Crippen LogP contribution is -2.30. The van der Waals surface area contributed by atoms with Gasteiger partial charge in [-0.1, -0.05) is 25.1 Å². The predicted octanol–water partition coefficient (Wildman–Crippen LogP) is 5.09. The highest BCUT2D eigenvalue weighted by Gasteiger charge is 2.49. The third kappa shape index (κ3) is 5.16. The summed E-state index contributed by atoms with van der Waals surface area (Å²) in [4.78, 5) is 51.8. The number of carbonyl (C=O) groups is 4. The average molecular weight is 498 g/mol. The van der Waals surface area contributed by atoms with Gasteiger partial charge in [0.2, 0.25) is 11.8 Å². The number of rotatable bonds is 7. The lowest BCUT2D eigenvalue weighted by Gasteiger charge is -2.25. The van der Waals surface area contributed by atoms with E-state index in [0.717, 1.165) is 19.3 Å². The molecule has 7 heteroatoms. The monoisotopic (exact) mass is 497 g/mol. The highest BCUT2D eigenvalue weighted by atomic mass is 16.5. The average Bonchev–Trinajstić information content (AvgIpc) is 3.17. The fourth-order valence-corrected chi connectivity index (χ4v) is 5.02. The first-order valence-corrected chi connectivity index (χ1v) is 12.4. The zero-order valence-corrected chi connectivity index (χ0v) is 20.5. The van der Waals surface area contributed by atoms with Crippen LogP contribution < -0.4 is 14.4 Å². The molecule has 1 saturated heterocycles. The minimum Gasteiger partial charge on any atom is -0.485 e. The van der Waals surface area contributed by atoms with Crippen LogP contribution in [-0.2, 0) is 9.59 Å². The van der Waals surface area contributed by atoms with Gasteiger partial charge >= 0.3 is 5.97 Å². The Hall–Kier alpha value is -4.26. The molecule has 2 fully saturated rings. The van der Waals surface area contributed by atoms with E-state index in [4.69, 9.17) is 9.47 Å². The van der Waals surface area contributed by atoms with E-state index in [1.165, 1.54) is 4.90 Å². The second-order valence-electron chi connectivity index (χ2n) is 9.63. The quantitative estimate of drug-likeness (QED) is 0.195. The van der Waals surface area contributed by atoms with Crippen molar-refractivity contribution < 1.29 is 28.7 Å². The molecule has 0 radical (unpaired) electrons. The van der Waals surface area contributed by atoms with E-state index in [1.807, 2.05) is 6.07 Å². The van der Waals surface area contributed by atoms with Crippen LogP contribution in [-0.4, -0.2) is 30.2 Å². The second kappa shape index (κ2) is 10.4. The summed E-state index contributed by atoms with van der Waals surface area (Å²) in [5.41, 5.74) is 1.38. The van der Waals surface area contributed by atoms with Crippen molar-refractivity contribution in [3.8, 4) is 11.5 Å². The maximum atomic E-state index is 12.9. The zero-order valence-electron chi connectivity index (χ0n) is 20.5. The Bertz CT molecular complexity index is 1320. The van der Waals surface area contributed by atoms with Gasteiger partial charge in [0.25, 0.3) is 0 Å². The molecule has 3 aromatic rings. The van der Waals surface area contributed by atoms with Crippen LogP contribution >= 0.6 is 0 Å². The minimum absolute atomic E-state index is 0.122. The van der Waals surface area contributed by atoms with E-state index in [2.05, 4.69) is 6.92 Å². The molecule has 1 aliphatic carbocycles. The fraction of sp³-hybridized carbons (Fsp3) is 0.267. The molecule has 5 rings (SSSR count). The molecule has 188 valence electrons. The normalized spacial score (nSPS) is 20.9. The van der Waals surface area contributed by atoms with E-state index in [9.17, 15) is 19.2 Å². The third-order valence-electron chi connectivity index (χ3n) is 7.05. The molecular weight excluding hydrogens is 470 g/mol. The molecule has 0 unspecified atom stereocenters. The van der Waals surface area contributed by atoms with Crippen LogP contribution in [0.25, 0.3) is 0 Å². The van der Waals surface area contributed by atoms with Crippen molar-refractivity contribution in [3.05, 3.63) is 90.0 Å². The Labute approximate surface area is 215 Å². The number of amides is 2. The largest absolute Gasteiger partial charge is 0.485 e. The Balaban J connectivity index is 1.16. The van der Waals surface area contributed by atoms with Crippen LogP contribution in [0.2, 0.25) is 0 Å². The summed E-state index contributed by atoms with van der Waals surface area (Å²) in [5.74, 6) is -0.162. The van der Waals surface area contributed by atoms with Crippen LogP contribution in [0.1, 0.15) is 46.9 Å². The SMILES string of the molecule is C[C@@H]1CC[C@@H]2C(=O)N(c3ccc(OCC(=O)c4ccc(OC(=O)c5ccccc5)cc4)cc3)C(=O)[C@@H]2C1. The number of carbonyl (C=O) groups excluding carboxylic acids is 4. The fourth-order valence-electron chi connectivity index (χ4n) is 5.02. The number of hydrogen-bond acceptors (Lipinski definition) is 6. The van der Waals surface area contributed by atoms with Crippen molar-refractivity contribution in [3.63, 3.8) is 0 Å². The van der Waals surface area contributed by atoms with Gasteiger partial charge in [-0.2, -0.15) is 0 Å². The van der Waals surface area contributed by atoms with Crippen molar-refractivity contribution in [1.82, 2.24) is 0 Å². The molecule has 1 saturated carbocycles. The molecule has 3 aromatic carbocycles. The number of imide groups is 1. The number of Topliss-reactive ketones (excluding diaryl/α,β-unsaturated/α-hetero) is 1. The van der Waals surface area contributed by atoms with Crippen molar-refractivity contribution in [1.29, 1.82) is 0 Å². The second-order valence-corrected chi connectivity index (χ2v) is 9.63. The number of ketones is 1. The Morgan fingerprint density at radius 2 is 1.43 bits per heavy atom. The van der Waals surface area contributed by atoms with Gasteiger partial charge < -0.3 is 9.47 Å². The lowest BCUT2D eigenvalue weighted by atomic mass is 9.76. The smallest absolute Gasteiger partial charge is 0.343 e. The van der Waals surface area contributed by atoms with E-state index in [-0.39, 0.29) is 36.0 Å². The van der Waals surface area contributed by atoms with Crippen LogP contribution in [0, 0.1) is 17.8 Å².